The number of hydrogen-bond acceptors (Lipinski definition) is 1. The summed E-state index contributed by atoms with van der Waals surface area (Å²) < 4.78 is 4.79. The third-order valence-electron chi connectivity index (χ3n) is 2.66. The standard InChI is InChI=1S/C16H28O/c1-3-4-5-6-7-8-9-10-11-12-13-14-15-16-17-2/h11-16H,3-10H2,1-2H3/b12-11+,14-13+,16-15+. The van der Waals surface area contributed by atoms with E-state index in [4.69, 9.17) is 4.74 Å². The molecule has 0 aliphatic rings. The molecule has 0 aromatic heterocycles. The summed E-state index contributed by atoms with van der Waals surface area (Å²) in [4.78, 5) is 0. The van der Waals surface area contributed by atoms with Crippen LogP contribution in [0.15, 0.2) is 36.6 Å². The number of allylic oxidation sites excluding steroid dienone is 5. The van der Waals surface area contributed by atoms with Crippen LogP contribution in [0.1, 0.15) is 58.3 Å². The molecule has 0 N–H and O–H groups in total. The SMILES string of the molecule is CCCCCCCCC/C=C/C=C/C=C/OC. The van der Waals surface area contributed by atoms with E-state index in [1.165, 1.54) is 51.4 Å². The normalized spacial score (nSPS) is 12.1. The Bertz CT molecular complexity index is 214. The first-order valence-electron chi connectivity index (χ1n) is 6.93. The highest BCUT2D eigenvalue weighted by Gasteiger charge is 1.88. The van der Waals surface area contributed by atoms with Gasteiger partial charge in [-0.15, -0.1) is 0 Å². The fourth-order valence-corrected chi connectivity index (χ4v) is 1.65. The molecule has 1 nitrogen and oxygen atoms in total. The molecule has 0 aromatic carbocycles. The minimum atomic E-state index is 1.20. The molecule has 0 aromatic rings. The van der Waals surface area contributed by atoms with Crippen molar-refractivity contribution in [2.24, 2.45) is 0 Å². The summed E-state index contributed by atoms with van der Waals surface area (Å²) in [6.07, 6.45) is 22.8. The summed E-state index contributed by atoms with van der Waals surface area (Å²) in [5.74, 6) is 0. The average molecular weight is 236 g/mol. The van der Waals surface area contributed by atoms with Gasteiger partial charge in [0.25, 0.3) is 0 Å². The van der Waals surface area contributed by atoms with Crippen LogP contribution in [0.5, 0.6) is 0 Å². The van der Waals surface area contributed by atoms with Gasteiger partial charge in [0.1, 0.15) is 0 Å². The molecular formula is C16H28O. The van der Waals surface area contributed by atoms with Crippen molar-refractivity contribution in [2.45, 2.75) is 58.3 Å². The summed E-state index contributed by atoms with van der Waals surface area (Å²) in [7, 11) is 1.65. The van der Waals surface area contributed by atoms with E-state index in [0.29, 0.717) is 0 Å². The number of methoxy groups -OCH3 is 1. The molecule has 17 heavy (non-hydrogen) atoms. The van der Waals surface area contributed by atoms with Crippen molar-refractivity contribution in [3.8, 4) is 0 Å². The molecule has 0 saturated heterocycles. The molecule has 0 heterocycles. The third-order valence-corrected chi connectivity index (χ3v) is 2.66. The monoisotopic (exact) mass is 236 g/mol. The van der Waals surface area contributed by atoms with Gasteiger partial charge in [0.2, 0.25) is 0 Å². The van der Waals surface area contributed by atoms with Gasteiger partial charge in [-0.05, 0) is 18.9 Å². The largest absolute Gasteiger partial charge is 0.504 e. The molecule has 0 saturated carbocycles. The number of hydrogen-bond donors (Lipinski definition) is 0. The van der Waals surface area contributed by atoms with E-state index in [-0.39, 0.29) is 0 Å². The molecular weight excluding hydrogens is 208 g/mol. The van der Waals surface area contributed by atoms with Gasteiger partial charge in [0, 0.05) is 0 Å². The van der Waals surface area contributed by atoms with Gasteiger partial charge in [0.15, 0.2) is 0 Å². The lowest BCUT2D eigenvalue weighted by molar-refractivity contribution is 0.338. The Labute approximate surface area is 107 Å². The first kappa shape index (κ1) is 16.0. The number of rotatable bonds is 11. The fraction of sp³-hybridized carbons (Fsp3) is 0.625. The third kappa shape index (κ3) is 15.0. The zero-order valence-electron chi connectivity index (χ0n) is 11.5. The van der Waals surface area contributed by atoms with Crippen LogP contribution in [-0.4, -0.2) is 7.11 Å². The molecule has 0 fully saturated rings. The maximum Gasteiger partial charge on any atom is 0.0824 e. The Hall–Kier alpha value is -0.980. The smallest absolute Gasteiger partial charge is 0.0824 e. The summed E-state index contributed by atoms with van der Waals surface area (Å²) in [6.45, 7) is 2.26. The highest BCUT2D eigenvalue weighted by atomic mass is 16.5. The second-order valence-corrected chi connectivity index (χ2v) is 4.29. The van der Waals surface area contributed by atoms with Crippen LogP contribution in [-0.2, 0) is 4.74 Å². The van der Waals surface area contributed by atoms with E-state index in [0.717, 1.165) is 0 Å². The zero-order valence-corrected chi connectivity index (χ0v) is 11.5. The summed E-state index contributed by atoms with van der Waals surface area (Å²) in [6, 6.07) is 0. The highest BCUT2D eigenvalue weighted by Crippen LogP contribution is 2.08. The first-order valence-corrected chi connectivity index (χ1v) is 6.93. The van der Waals surface area contributed by atoms with E-state index in [1.54, 1.807) is 13.4 Å². The topological polar surface area (TPSA) is 9.23 Å². The van der Waals surface area contributed by atoms with Crippen molar-refractivity contribution in [3.05, 3.63) is 36.6 Å². The lowest BCUT2D eigenvalue weighted by Gasteiger charge is -1.98. The molecule has 0 amide bonds. The lowest BCUT2D eigenvalue weighted by Crippen LogP contribution is -1.78. The average Bonchev–Trinajstić information content (AvgIpc) is 2.35. The number of unbranched alkanes of at least 4 members (excludes halogenated alkanes) is 7. The van der Waals surface area contributed by atoms with Crippen molar-refractivity contribution in [1.82, 2.24) is 0 Å². The van der Waals surface area contributed by atoms with Crippen LogP contribution in [0, 0.1) is 0 Å². The van der Waals surface area contributed by atoms with Gasteiger partial charge < -0.3 is 4.74 Å². The van der Waals surface area contributed by atoms with Crippen LogP contribution in [0.3, 0.4) is 0 Å². The van der Waals surface area contributed by atoms with Crippen LogP contribution < -0.4 is 0 Å². The van der Waals surface area contributed by atoms with Crippen molar-refractivity contribution in [2.75, 3.05) is 7.11 Å². The van der Waals surface area contributed by atoms with Gasteiger partial charge in [-0.2, -0.15) is 0 Å². The molecule has 0 aliphatic carbocycles. The van der Waals surface area contributed by atoms with Crippen LogP contribution >= 0.6 is 0 Å². The molecule has 0 unspecified atom stereocenters. The Morgan fingerprint density at radius 1 is 0.765 bits per heavy atom. The summed E-state index contributed by atoms with van der Waals surface area (Å²) in [5, 5.41) is 0. The first-order chi connectivity index (χ1) is 8.41. The van der Waals surface area contributed by atoms with E-state index in [2.05, 4.69) is 19.1 Å². The minimum Gasteiger partial charge on any atom is -0.504 e. The van der Waals surface area contributed by atoms with Gasteiger partial charge >= 0.3 is 0 Å². The molecule has 0 bridgehead atoms. The fourth-order valence-electron chi connectivity index (χ4n) is 1.65. The highest BCUT2D eigenvalue weighted by molar-refractivity contribution is 5.09. The maximum atomic E-state index is 4.79. The minimum absolute atomic E-state index is 1.20. The van der Waals surface area contributed by atoms with Crippen molar-refractivity contribution in [3.63, 3.8) is 0 Å². The van der Waals surface area contributed by atoms with Gasteiger partial charge in [-0.25, -0.2) is 0 Å². The zero-order chi connectivity index (χ0) is 12.6. The maximum absolute atomic E-state index is 4.79. The quantitative estimate of drug-likeness (QED) is 0.265. The molecule has 1 heteroatoms. The van der Waals surface area contributed by atoms with Gasteiger partial charge in [-0.3, -0.25) is 0 Å². The van der Waals surface area contributed by atoms with Crippen molar-refractivity contribution in [1.29, 1.82) is 0 Å². The molecule has 98 valence electrons. The predicted molar refractivity (Wildman–Crippen MR) is 77.0 cm³/mol. The van der Waals surface area contributed by atoms with Crippen molar-refractivity contribution < 1.29 is 4.74 Å². The molecule has 0 atom stereocenters. The molecule has 0 radical (unpaired) electrons. The van der Waals surface area contributed by atoms with E-state index in [1.807, 2.05) is 18.2 Å². The second-order valence-electron chi connectivity index (χ2n) is 4.29. The van der Waals surface area contributed by atoms with E-state index < -0.39 is 0 Å². The van der Waals surface area contributed by atoms with E-state index in [9.17, 15) is 0 Å². The second kappa shape index (κ2) is 15.0. The summed E-state index contributed by atoms with van der Waals surface area (Å²) >= 11 is 0. The van der Waals surface area contributed by atoms with Gasteiger partial charge in [-0.1, -0.05) is 69.8 Å². The Morgan fingerprint density at radius 2 is 1.41 bits per heavy atom. The van der Waals surface area contributed by atoms with Gasteiger partial charge in [0.05, 0.1) is 13.4 Å². The van der Waals surface area contributed by atoms with Crippen LogP contribution in [0.25, 0.3) is 0 Å². The summed E-state index contributed by atoms with van der Waals surface area (Å²) in [5.41, 5.74) is 0. The Kier molecular flexibility index (Phi) is 14.2. The molecule has 0 rings (SSSR count). The molecule has 0 spiro atoms. The van der Waals surface area contributed by atoms with Crippen LogP contribution in [0.4, 0.5) is 0 Å². The lowest BCUT2D eigenvalue weighted by atomic mass is 10.1. The van der Waals surface area contributed by atoms with Crippen LogP contribution in [0.2, 0.25) is 0 Å². The number of ether oxygens (including phenoxy) is 1. The van der Waals surface area contributed by atoms with Crippen molar-refractivity contribution >= 4 is 0 Å². The Morgan fingerprint density at radius 3 is 2.12 bits per heavy atom. The Balaban J connectivity index is 3.19. The predicted octanol–water partition coefficient (Wildman–Crippen LogP) is 5.40. The van der Waals surface area contributed by atoms with E-state index >= 15 is 0 Å². The molecule has 0 aliphatic heterocycles.